The van der Waals surface area contributed by atoms with Crippen molar-refractivity contribution in [1.82, 2.24) is 0 Å². The number of anilines is 1. The van der Waals surface area contributed by atoms with Crippen molar-refractivity contribution in [3.63, 3.8) is 0 Å². The highest BCUT2D eigenvalue weighted by Crippen LogP contribution is 2.33. The zero-order chi connectivity index (χ0) is 17.4. The Morgan fingerprint density at radius 1 is 0.958 bits per heavy atom. The fourth-order valence-electron chi connectivity index (χ4n) is 2.97. The van der Waals surface area contributed by atoms with E-state index in [0.29, 0.717) is 11.3 Å². The van der Waals surface area contributed by atoms with E-state index in [1.807, 2.05) is 45.0 Å². The summed E-state index contributed by atoms with van der Waals surface area (Å²) in [5.41, 5.74) is 4.14. The fraction of sp³-hybridized carbons (Fsp3) is 0.200. The van der Waals surface area contributed by atoms with Crippen LogP contribution in [-0.4, -0.2) is 16.9 Å². The standard InChI is InChI=1S/C20H19NO3/c1-4-14-6-8-15(9-7-14)21-19(23)17(18(22)20(21)24)16-10-5-12(2)11-13(16)3/h5-11,22H,4H2,1-3H3. The molecule has 1 aliphatic rings. The third kappa shape index (κ3) is 2.50. The highest BCUT2D eigenvalue weighted by Gasteiger charge is 2.40. The van der Waals surface area contributed by atoms with E-state index >= 15 is 0 Å². The number of carbonyl (C=O) groups is 2. The average molecular weight is 321 g/mol. The molecule has 0 aromatic heterocycles. The van der Waals surface area contributed by atoms with Gasteiger partial charge in [-0.1, -0.05) is 42.8 Å². The molecule has 0 unspecified atom stereocenters. The number of hydrogen-bond donors (Lipinski definition) is 1. The van der Waals surface area contributed by atoms with Crippen molar-refractivity contribution in [3.8, 4) is 0 Å². The maximum Gasteiger partial charge on any atom is 0.301 e. The summed E-state index contributed by atoms with van der Waals surface area (Å²) in [5, 5.41) is 10.3. The van der Waals surface area contributed by atoms with E-state index < -0.39 is 17.6 Å². The van der Waals surface area contributed by atoms with Crippen molar-refractivity contribution in [1.29, 1.82) is 0 Å². The molecule has 0 bridgehead atoms. The van der Waals surface area contributed by atoms with Gasteiger partial charge in [-0.2, -0.15) is 0 Å². The van der Waals surface area contributed by atoms with Crippen molar-refractivity contribution in [2.45, 2.75) is 27.2 Å². The molecule has 1 aliphatic heterocycles. The van der Waals surface area contributed by atoms with Crippen LogP contribution >= 0.6 is 0 Å². The van der Waals surface area contributed by atoms with Crippen LogP contribution in [0.25, 0.3) is 5.57 Å². The molecule has 4 heteroatoms. The fourth-order valence-corrected chi connectivity index (χ4v) is 2.97. The number of carbonyl (C=O) groups excluding carboxylic acids is 2. The van der Waals surface area contributed by atoms with Crippen LogP contribution in [-0.2, 0) is 16.0 Å². The number of nitrogens with zero attached hydrogens (tertiary/aromatic N) is 1. The molecular formula is C20H19NO3. The van der Waals surface area contributed by atoms with Crippen molar-refractivity contribution < 1.29 is 14.7 Å². The summed E-state index contributed by atoms with van der Waals surface area (Å²) in [7, 11) is 0. The number of rotatable bonds is 3. The van der Waals surface area contributed by atoms with E-state index in [-0.39, 0.29) is 5.57 Å². The molecule has 2 amide bonds. The van der Waals surface area contributed by atoms with Gasteiger partial charge in [0.15, 0.2) is 5.76 Å². The maximum absolute atomic E-state index is 12.8. The summed E-state index contributed by atoms with van der Waals surface area (Å²) in [6.45, 7) is 5.85. The summed E-state index contributed by atoms with van der Waals surface area (Å²) in [5.74, 6) is -1.67. The van der Waals surface area contributed by atoms with Crippen molar-refractivity contribution in [3.05, 3.63) is 70.5 Å². The lowest BCUT2D eigenvalue weighted by Crippen LogP contribution is -2.31. The number of imide groups is 1. The molecule has 3 rings (SSSR count). The van der Waals surface area contributed by atoms with Crippen LogP contribution in [0.1, 0.15) is 29.2 Å². The summed E-state index contributed by atoms with van der Waals surface area (Å²) < 4.78 is 0. The van der Waals surface area contributed by atoms with Gasteiger partial charge in [-0.15, -0.1) is 0 Å². The number of aliphatic hydroxyl groups excluding tert-OH is 1. The molecule has 0 atom stereocenters. The average Bonchev–Trinajstić information content (AvgIpc) is 2.78. The normalized spacial score (nSPS) is 14.7. The maximum atomic E-state index is 12.8. The molecule has 0 fully saturated rings. The van der Waals surface area contributed by atoms with Crippen LogP contribution in [0.4, 0.5) is 5.69 Å². The Hall–Kier alpha value is -2.88. The van der Waals surface area contributed by atoms with Crippen molar-refractivity contribution in [2.24, 2.45) is 0 Å². The zero-order valence-electron chi connectivity index (χ0n) is 14.0. The largest absolute Gasteiger partial charge is 0.502 e. The minimum absolute atomic E-state index is 0.0667. The van der Waals surface area contributed by atoms with Crippen LogP contribution in [0.15, 0.2) is 48.2 Å². The second-order valence-electron chi connectivity index (χ2n) is 6.01. The quantitative estimate of drug-likeness (QED) is 0.877. The number of benzene rings is 2. The van der Waals surface area contributed by atoms with E-state index in [1.54, 1.807) is 18.2 Å². The van der Waals surface area contributed by atoms with E-state index in [2.05, 4.69) is 0 Å². The van der Waals surface area contributed by atoms with Crippen molar-refractivity contribution in [2.75, 3.05) is 4.90 Å². The highest BCUT2D eigenvalue weighted by molar-refractivity contribution is 6.45. The Morgan fingerprint density at radius 2 is 1.62 bits per heavy atom. The van der Waals surface area contributed by atoms with E-state index in [0.717, 1.165) is 28.0 Å². The monoisotopic (exact) mass is 321 g/mol. The molecule has 0 spiro atoms. The summed E-state index contributed by atoms with van der Waals surface area (Å²) in [4.78, 5) is 26.3. The predicted octanol–water partition coefficient (Wildman–Crippen LogP) is 3.71. The first-order valence-electron chi connectivity index (χ1n) is 7.92. The molecule has 122 valence electrons. The number of aryl methyl sites for hydroxylation is 3. The van der Waals surface area contributed by atoms with Crippen LogP contribution in [0.2, 0.25) is 0 Å². The number of aliphatic hydroxyl groups is 1. The predicted molar refractivity (Wildman–Crippen MR) is 93.8 cm³/mol. The van der Waals surface area contributed by atoms with Crippen molar-refractivity contribution >= 4 is 23.1 Å². The molecule has 0 saturated heterocycles. The Kier molecular flexibility index (Phi) is 3.97. The lowest BCUT2D eigenvalue weighted by Gasteiger charge is -2.15. The highest BCUT2D eigenvalue weighted by atomic mass is 16.3. The zero-order valence-corrected chi connectivity index (χ0v) is 14.0. The topological polar surface area (TPSA) is 57.6 Å². The molecular weight excluding hydrogens is 302 g/mol. The minimum atomic E-state index is -0.681. The SMILES string of the molecule is CCc1ccc(N2C(=O)C(O)=C(c3ccc(C)cc3C)C2=O)cc1. The summed E-state index contributed by atoms with van der Waals surface area (Å²) in [6, 6.07) is 12.8. The molecule has 1 N–H and O–H groups in total. The lowest BCUT2D eigenvalue weighted by molar-refractivity contribution is -0.121. The van der Waals surface area contributed by atoms with Crippen LogP contribution < -0.4 is 4.90 Å². The second kappa shape index (κ2) is 5.96. The third-order valence-corrected chi connectivity index (χ3v) is 4.31. The Labute approximate surface area is 141 Å². The van der Waals surface area contributed by atoms with Crippen LogP contribution in [0.3, 0.4) is 0 Å². The van der Waals surface area contributed by atoms with Gasteiger partial charge in [-0.05, 0) is 49.1 Å². The number of hydrogen-bond acceptors (Lipinski definition) is 3. The molecule has 2 aromatic rings. The molecule has 4 nitrogen and oxygen atoms in total. The van der Waals surface area contributed by atoms with Crippen LogP contribution in [0.5, 0.6) is 0 Å². The number of amides is 2. The van der Waals surface area contributed by atoms with Gasteiger partial charge in [0.1, 0.15) is 0 Å². The van der Waals surface area contributed by atoms with Gasteiger partial charge < -0.3 is 5.11 Å². The van der Waals surface area contributed by atoms with Gasteiger partial charge in [0.25, 0.3) is 5.91 Å². The first-order chi connectivity index (χ1) is 11.4. The lowest BCUT2D eigenvalue weighted by atomic mass is 9.98. The summed E-state index contributed by atoms with van der Waals surface area (Å²) in [6.07, 6.45) is 0.874. The Bertz CT molecular complexity index is 863. The second-order valence-corrected chi connectivity index (χ2v) is 6.01. The van der Waals surface area contributed by atoms with Gasteiger partial charge >= 0.3 is 5.91 Å². The van der Waals surface area contributed by atoms with Gasteiger partial charge in [-0.3, -0.25) is 9.59 Å². The minimum Gasteiger partial charge on any atom is -0.502 e. The van der Waals surface area contributed by atoms with E-state index in [9.17, 15) is 14.7 Å². The molecule has 2 aromatic carbocycles. The summed E-state index contributed by atoms with van der Waals surface area (Å²) >= 11 is 0. The Balaban J connectivity index is 2.04. The smallest absolute Gasteiger partial charge is 0.301 e. The third-order valence-electron chi connectivity index (χ3n) is 4.31. The molecule has 0 saturated carbocycles. The molecule has 1 heterocycles. The van der Waals surface area contributed by atoms with E-state index in [1.165, 1.54) is 0 Å². The first-order valence-corrected chi connectivity index (χ1v) is 7.92. The molecule has 24 heavy (non-hydrogen) atoms. The van der Waals surface area contributed by atoms with Gasteiger partial charge in [0.05, 0.1) is 11.3 Å². The molecule has 0 radical (unpaired) electrons. The molecule has 0 aliphatic carbocycles. The van der Waals surface area contributed by atoms with Gasteiger partial charge in [0, 0.05) is 0 Å². The van der Waals surface area contributed by atoms with E-state index in [4.69, 9.17) is 0 Å². The van der Waals surface area contributed by atoms with Gasteiger partial charge in [0.2, 0.25) is 0 Å². The first kappa shape index (κ1) is 16.0. The Morgan fingerprint density at radius 3 is 2.21 bits per heavy atom. The van der Waals surface area contributed by atoms with Gasteiger partial charge in [-0.25, -0.2) is 4.90 Å². The van der Waals surface area contributed by atoms with Crippen LogP contribution in [0, 0.1) is 13.8 Å².